The molecule has 188 valence electrons. The van der Waals surface area contributed by atoms with E-state index in [0.717, 1.165) is 22.3 Å². The molecule has 0 saturated carbocycles. The summed E-state index contributed by atoms with van der Waals surface area (Å²) in [4.78, 5) is 35.4. The highest BCUT2D eigenvalue weighted by Crippen LogP contribution is 2.44. The summed E-state index contributed by atoms with van der Waals surface area (Å²) in [5.41, 5.74) is 3.72. The van der Waals surface area contributed by atoms with E-state index in [1.54, 1.807) is 0 Å². The topological polar surface area (TPSA) is 105 Å². The van der Waals surface area contributed by atoms with Gasteiger partial charge in [-0.1, -0.05) is 48.5 Å². The number of ether oxygens (including phenoxy) is 1. The van der Waals surface area contributed by atoms with Crippen LogP contribution in [0.15, 0.2) is 48.5 Å². The lowest BCUT2D eigenvalue weighted by atomic mass is 9.98. The van der Waals surface area contributed by atoms with Crippen molar-refractivity contribution < 1.29 is 46.2 Å². The van der Waals surface area contributed by atoms with Crippen LogP contribution in [0.25, 0.3) is 11.1 Å². The van der Waals surface area contributed by atoms with Crippen molar-refractivity contribution in [3.63, 3.8) is 0 Å². The van der Waals surface area contributed by atoms with Crippen LogP contribution >= 0.6 is 0 Å². The van der Waals surface area contributed by atoms with Crippen LogP contribution in [0.5, 0.6) is 0 Å². The maximum absolute atomic E-state index is 13.1. The van der Waals surface area contributed by atoms with Gasteiger partial charge < -0.3 is 20.5 Å². The molecule has 7 nitrogen and oxygen atoms in total. The second kappa shape index (κ2) is 10.3. The number of rotatable bonds is 9. The Balaban J connectivity index is 1.65. The van der Waals surface area contributed by atoms with Crippen molar-refractivity contribution in [2.75, 3.05) is 13.2 Å². The molecule has 0 radical (unpaired) electrons. The van der Waals surface area contributed by atoms with Crippen LogP contribution in [0.4, 0.5) is 26.7 Å². The van der Waals surface area contributed by atoms with Crippen LogP contribution in [0.3, 0.4) is 0 Å². The molecule has 12 heteroatoms. The lowest BCUT2D eigenvalue weighted by Crippen LogP contribution is -2.52. The fourth-order valence-electron chi connectivity index (χ4n) is 3.74. The fraction of sp³-hybridized carbons (Fsp3) is 0.348. The second-order valence-electron chi connectivity index (χ2n) is 7.87. The smallest absolute Gasteiger partial charge is 0.455 e. The Labute approximate surface area is 196 Å². The first-order valence-electron chi connectivity index (χ1n) is 10.5. The number of hydrogen-bond acceptors (Lipinski definition) is 4. The van der Waals surface area contributed by atoms with E-state index in [-0.39, 0.29) is 12.5 Å². The third-order valence-corrected chi connectivity index (χ3v) is 5.50. The Hall–Kier alpha value is -3.70. The second-order valence-corrected chi connectivity index (χ2v) is 7.87. The number of carboxylic acid groups (broad SMARTS) is 1. The molecule has 3 N–H and O–H groups in total. The first kappa shape index (κ1) is 25.9. The molecule has 0 heterocycles. The summed E-state index contributed by atoms with van der Waals surface area (Å²) in [7, 11) is 0. The number of alkyl halides is 5. The fourth-order valence-corrected chi connectivity index (χ4v) is 3.74. The Morgan fingerprint density at radius 2 is 1.49 bits per heavy atom. The van der Waals surface area contributed by atoms with Gasteiger partial charge in [0.05, 0.1) is 6.54 Å². The molecule has 0 fully saturated rings. The molecule has 1 unspecified atom stereocenters. The molecule has 35 heavy (non-hydrogen) atoms. The van der Waals surface area contributed by atoms with Crippen LogP contribution < -0.4 is 10.6 Å². The number of amides is 2. The van der Waals surface area contributed by atoms with Crippen molar-refractivity contribution in [3.05, 3.63) is 59.7 Å². The molecule has 0 saturated heterocycles. The first-order valence-corrected chi connectivity index (χ1v) is 10.5. The summed E-state index contributed by atoms with van der Waals surface area (Å²) in [6.07, 6.45) is -8.25. The van der Waals surface area contributed by atoms with Crippen molar-refractivity contribution >= 4 is 18.0 Å². The SMILES string of the molecule is O=C(O)CCC(NC(=O)OCC1c2ccccc2-c2ccccc21)C(=O)NCC(F)(F)C(F)(F)F. The average molecular weight is 500 g/mol. The zero-order chi connectivity index (χ0) is 25.8. The number of aliphatic carboxylic acids is 1. The minimum atomic E-state index is -5.89. The number of alkyl carbamates (subject to hydrolysis) is 1. The molecule has 0 aliphatic heterocycles. The predicted molar refractivity (Wildman–Crippen MR) is 113 cm³/mol. The van der Waals surface area contributed by atoms with Gasteiger partial charge in [-0.2, -0.15) is 22.0 Å². The van der Waals surface area contributed by atoms with Gasteiger partial charge in [-0.05, 0) is 28.7 Å². The lowest BCUT2D eigenvalue weighted by molar-refractivity contribution is -0.278. The molecule has 2 aromatic rings. The molecule has 2 amide bonds. The predicted octanol–water partition coefficient (Wildman–Crippen LogP) is 4.07. The molecule has 1 aliphatic carbocycles. The summed E-state index contributed by atoms with van der Waals surface area (Å²) in [5.74, 6) is -8.30. The minimum absolute atomic E-state index is 0.153. The van der Waals surface area contributed by atoms with E-state index in [2.05, 4.69) is 5.32 Å². The number of benzene rings is 2. The number of halogens is 5. The molecule has 0 bridgehead atoms. The van der Waals surface area contributed by atoms with Crippen molar-refractivity contribution in [1.29, 1.82) is 0 Å². The standard InChI is InChI=1S/C23H21F5N2O5/c24-22(25,23(26,27)28)12-29-20(33)18(9-10-19(31)32)30-21(34)35-11-17-15-7-3-1-5-13(15)14-6-2-4-8-16(14)17/h1-8,17-18H,9-12H2,(H,29,33)(H,30,34)(H,31,32). The van der Waals surface area contributed by atoms with Crippen LogP contribution in [-0.2, 0) is 14.3 Å². The Morgan fingerprint density at radius 3 is 2.00 bits per heavy atom. The molecular formula is C23H21F5N2O5. The zero-order valence-corrected chi connectivity index (χ0v) is 18.1. The Morgan fingerprint density at radius 1 is 0.943 bits per heavy atom. The molecule has 3 rings (SSSR count). The van der Waals surface area contributed by atoms with Crippen LogP contribution in [0.1, 0.15) is 29.9 Å². The van der Waals surface area contributed by atoms with Crippen molar-refractivity contribution in [2.24, 2.45) is 0 Å². The van der Waals surface area contributed by atoms with Crippen molar-refractivity contribution in [1.82, 2.24) is 10.6 Å². The molecule has 0 aromatic heterocycles. The molecule has 1 aliphatic rings. The van der Waals surface area contributed by atoms with E-state index in [0.29, 0.717) is 0 Å². The average Bonchev–Trinajstić information content (AvgIpc) is 3.11. The van der Waals surface area contributed by atoms with Gasteiger partial charge in [0.1, 0.15) is 12.6 Å². The van der Waals surface area contributed by atoms with E-state index in [1.807, 2.05) is 48.5 Å². The van der Waals surface area contributed by atoms with Gasteiger partial charge in [-0.15, -0.1) is 0 Å². The van der Waals surface area contributed by atoms with E-state index in [9.17, 15) is 36.3 Å². The monoisotopic (exact) mass is 500 g/mol. The highest BCUT2D eigenvalue weighted by molar-refractivity contribution is 5.86. The highest BCUT2D eigenvalue weighted by Gasteiger charge is 2.57. The number of fused-ring (bicyclic) bond motifs is 3. The van der Waals surface area contributed by atoms with Gasteiger partial charge >= 0.3 is 24.2 Å². The summed E-state index contributed by atoms with van der Waals surface area (Å²) in [6, 6.07) is 13.2. The third-order valence-electron chi connectivity index (χ3n) is 5.50. The summed E-state index contributed by atoms with van der Waals surface area (Å²) < 4.78 is 68.5. The summed E-state index contributed by atoms with van der Waals surface area (Å²) in [6.45, 7) is -2.22. The Bertz CT molecular complexity index is 1060. The van der Waals surface area contributed by atoms with E-state index < -0.39 is 55.5 Å². The van der Waals surface area contributed by atoms with Gasteiger partial charge in [-0.3, -0.25) is 9.59 Å². The van der Waals surface area contributed by atoms with Gasteiger partial charge in [0.15, 0.2) is 0 Å². The molecule has 1 atom stereocenters. The van der Waals surface area contributed by atoms with E-state index in [4.69, 9.17) is 9.84 Å². The maximum Gasteiger partial charge on any atom is 0.455 e. The largest absolute Gasteiger partial charge is 0.481 e. The van der Waals surface area contributed by atoms with Gasteiger partial charge in [0.2, 0.25) is 5.91 Å². The van der Waals surface area contributed by atoms with Crippen LogP contribution in [-0.4, -0.2) is 54.4 Å². The highest BCUT2D eigenvalue weighted by atomic mass is 19.4. The quantitative estimate of drug-likeness (QED) is 0.451. The first-order chi connectivity index (χ1) is 16.4. The van der Waals surface area contributed by atoms with Gasteiger partial charge in [-0.25, -0.2) is 4.79 Å². The molecular weight excluding hydrogens is 479 g/mol. The maximum atomic E-state index is 13.1. The lowest BCUT2D eigenvalue weighted by Gasteiger charge is -2.22. The molecule has 2 aromatic carbocycles. The normalized spacial score (nSPS) is 14.0. The van der Waals surface area contributed by atoms with Gasteiger partial charge in [0, 0.05) is 12.3 Å². The van der Waals surface area contributed by atoms with Gasteiger partial charge in [0.25, 0.3) is 0 Å². The molecule has 0 spiro atoms. The number of hydrogen-bond donors (Lipinski definition) is 3. The zero-order valence-electron chi connectivity index (χ0n) is 18.1. The number of nitrogens with one attached hydrogen (secondary N) is 2. The van der Waals surface area contributed by atoms with Crippen LogP contribution in [0.2, 0.25) is 0 Å². The third kappa shape index (κ3) is 6.06. The van der Waals surface area contributed by atoms with Crippen molar-refractivity contribution in [2.45, 2.75) is 36.9 Å². The number of carbonyl (C=O) groups is 3. The Kier molecular flexibility index (Phi) is 7.61. The summed E-state index contributed by atoms with van der Waals surface area (Å²) >= 11 is 0. The summed E-state index contributed by atoms with van der Waals surface area (Å²) in [5, 5.41) is 12.3. The minimum Gasteiger partial charge on any atom is -0.481 e. The van der Waals surface area contributed by atoms with E-state index >= 15 is 0 Å². The van der Waals surface area contributed by atoms with Crippen LogP contribution in [0, 0.1) is 0 Å². The number of carbonyl (C=O) groups excluding carboxylic acids is 2. The van der Waals surface area contributed by atoms with Crippen molar-refractivity contribution in [3.8, 4) is 11.1 Å². The van der Waals surface area contributed by atoms with E-state index in [1.165, 1.54) is 5.32 Å². The number of carboxylic acids is 1.